The zero-order valence-electron chi connectivity index (χ0n) is 11.1. The van der Waals surface area contributed by atoms with E-state index < -0.39 is 0 Å². The summed E-state index contributed by atoms with van der Waals surface area (Å²) in [6.45, 7) is 3.59. The molecular formula is C15H19NO3. The minimum Gasteiger partial charge on any atom is -0.489 e. The van der Waals surface area contributed by atoms with Crippen molar-refractivity contribution in [3.05, 3.63) is 29.3 Å². The summed E-state index contributed by atoms with van der Waals surface area (Å²) in [7, 11) is 0. The highest BCUT2D eigenvalue weighted by molar-refractivity contribution is 5.93. The second-order valence-electron chi connectivity index (χ2n) is 5.16. The monoisotopic (exact) mass is 261 g/mol. The number of nitrogens with one attached hydrogen (secondary N) is 1. The molecular weight excluding hydrogens is 242 g/mol. The lowest BCUT2D eigenvalue weighted by molar-refractivity contribution is 0.0535. The molecule has 1 fully saturated rings. The van der Waals surface area contributed by atoms with Gasteiger partial charge in [-0.05, 0) is 44.0 Å². The number of hydrogen-bond acceptors (Lipinski definition) is 4. The summed E-state index contributed by atoms with van der Waals surface area (Å²) in [6, 6.07) is 6.03. The second-order valence-corrected chi connectivity index (χ2v) is 5.16. The minimum atomic E-state index is -0.231. The third-order valence-electron chi connectivity index (χ3n) is 3.89. The Morgan fingerprint density at radius 2 is 2.42 bits per heavy atom. The summed E-state index contributed by atoms with van der Waals surface area (Å²) in [5, 5.41) is 3.48. The molecule has 4 heteroatoms. The van der Waals surface area contributed by atoms with Gasteiger partial charge in [-0.25, -0.2) is 4.79 Å². The molecule has 2 aliphatic rings. The maximum absolute atomic E-state index is 11.4. The van der Waals surface area contributed by atoms with Crippen LogP contribution in [0.25, 0.3) is 0 Å². The fraction of sp³-hybridized carbons (Fsp3) is 0.533. The third kappa shape index (κ3) is 2.45. The SMILES string of the molecule is CCC(Oc1ccc2c(c1)COC2=O)[C@@H]1CCCN1. The molecule has 0 bridgehead atoms. The molecule has 0 amide bonds. The van der Waals surface area contributed by atoms with E-state index in [4.69, 9.17) is 9.47 Å². The molecule has 1 unspecified atom stereocenters. The number of carbonyl (C=O) groups excluding carboxylic acids is 1. The van der Waals surface area contributed by atoms with Crippen LogP contribution in [0, 0.1) is 0 Å². The number of benzene rings is 1. The molecule has 0 aliphatic carbocycles. The first-order valence-electron chi connectivity index (χ1n) is 6.98. The first kappa shape index (κ1) is 12.5. The first-order valence-corrected chi connectivity index (χ1v) is 6.98. The molecule has 19 heavy (non-hydrogen) atoms. The fourth-order valence-corrected chi connectivity index (χ4v) is 2.84. The van der Waals surface area contributed by atoms with Crippen molar-refractivity contribution in [1.29, 1.82) is 0 Å². The van der Waals surface area contributed by atoms with E-state index >= 15 is 0 Å². The van der Waals surface area contributed by atoms with E-state index in [9.17, 15) is 4.79 Å². The third-order valence-corrected chi connectivity index (χ3v) is 3.89. The van der Waals surface area contributed by atoms with Gasteiger partial charge in [0, 0.05) is 11.6 Å². The standard InChI is InChI=1S/C15H19NO3/c1-2-14(13-4-3-7-16-13)19-11-5-6-12-10(8-11)9-18-15(12)17/h5-6,8,13-14,16H,2-4,7,9H2,1H3/t13-,14?/m0/s1. The van der Waals surface area contributed by atoms with Crippen LogP contribution < -0.4 is 10.1 Å². The van der Waals surface area contributed by atoms with Crippen molar-refractivity contribution >= 4 is 5.97 Å². The second kappa shape index (κ2) is 5.21. The van der Waals surface area contributed by atoms with Gasteiger partial charge in [0.15, 0.2) is 0 Å². The summed E-state index contributed by atoms with van der Waals surface area (Å²) in [6.07, 6.45) is 3.56. The van der Waals surface area contributed by atoms with E-state index in [0.717, 1.165) is 24.3 Å². The number of cyclic esters (lactones) is 1. The normalized spacial score (nSPS) is 23.0. The largest absolute Gasteiger partial charge is 0.489 e. The molecule has 102 valence electrons. The number of rotatable bonds is 4. The molecule has 2 heterocycles. The summed E-state index contributed by atoms with van der Waals surface area (Å²) in [5.41, 5.74) is 1.59. The van der Waals surface area contributed by atoms with Crippen molar-refractivity contribution in [2.75, 3.05) is 6.54 Å². The van der Waals surface area contributed by atoms with E-state index in [1.807, 2.05) is 12.1 Å². The molecule has 2 aliphatic heterocycles. The Bertz CT molecular complexity index is 480. The Morgan fingerprint density at radius 1 is 1.53 bits per heavy atom. The van der Waals surface area contributed by atoms with Gasteiger partial charge in [-0.15, -0.1) is 0 Å². The van der Waals surface area contributed by atoms with Crippen molar-refractivity contribution in [3.8, 4) is 5.75 Å². The Morgan fingerprint density at radius 3 is 3.16 bits per heavy atom. The highest BCUT2D eigenvalue weighted by Crippen LogP contribution is 2.26. The van der Waals surface area contributed by atoms with E-state index in [2.05, 4.69) is 12.2 Å². The quantitative estimate of drug-likeness (QED) is 0.845. The van der Waals surface area contributed by atoms with Crippen LogP contribution in [0.2, 0.25) is 0 Å². The zero-order valence-corrected chi connectivity index (χ0v) is 11.1. The lowest BCUT2D eigenvalue weighted by atomic mass is 10.1. The molecule has 1 aromatic rings. The Labute approximate surface area is 113 Å². The van der Waals surface area contributed by atoms with Crippen LogP contribution in [0.5, 0.6) is 5.75 Å². The van der Waals surface area contributed by atoms with E-state index in [-0.39, 0.29) is 12.1 Å². The molecule has 0 saturated carbocycles. The molecule has 0 spiro atoms. The van der Waals surface area contributed by atoms with Gasteiger partial charge >= 0.3 is 5.97 Å². The summed E-state index contributed by atoms with van der Waals surface area (Å²) >= 11 is 0. The zero-order chi connectivity index (χ0) is 13.2. The van der Waals surface area contributed by atoms with Crippen LogP contribution in [0.3, 0.4) is 0 Å². The number of esters is 1. The highest BCUT2D eigenvalue weighted by Gasteiger charge is 2.26. The van der Waals surface area contributed by atoms with Gasteiger partial charge in [0.05, 0.1) is 5.56 Å². The Balaban J connectivity index is 1.73. The predicted molar refractivity (Wildman–Crippen MR) is 71.3 cm³/mol. The van der Waals surface area contributed by atoms with Gasteiger partial charge in [0.1, 0.15) is 18.5 Å². The summed E-state index contributed by atoms with van der Waals surface area (Å²) in [4.78, 5) is 11.4. The Hall–Kier alpha value is -1.55. The fourth-order valence-electron chi connectivity index (χ4n) is 2.84. The lowest BCUT2D eigenvalue weighted by Crippen LogP contribution is -2.38. The molecule has 4 nitrogen and oxygen atoms in total. The van der Waals surface area contributed by atoms with Gasteiger partial charge in [0.25, 0.3) is 0 Å². The van der Waals surface area contributed by atoms with Crippen LogP contribution in [0.4, 0.5) is 0 Å². The average molecular weight is 261 g/mol. The number of hydrogen-bond donors (Lipinski definition) is 1. The predicted octanol–water partition coefficient (Wildman–Crippen LogP) is 2.27. The van der Waals surface area contributed by atoms with Gasteiger partial charge < -0.3 is 14.8 Å². The van der Waals surface area contributed by atoms with E-state index in [1.165, 1.54) is 12.8 Å². The van der Waals surface area contributed by atoms with Crippen molar-refractivity contribution < 1.29 is 14.3 Å². The number of carbonyl (C=O) groups is 1. The molecule has 1 N–H and O–H groups in total. The van der Waals surface area contributed by atoms with Gasteiger partial charge in [-0.1, -0.05) is 6.92 Å². The van der Waals surface area contributed by atoms with Crippen molar-refractivity contribution in [3.63, 3.8) is 0 Å². The maximum atomic E-state index is 11.4. The van der Waals surface area contributed by atoms with Crippen LogP contribution in [0.15, 0.2) is 18.2 Å². The van der Waals surface area contributed by atoms with E-state index in [0.29, 0.717) is 18.2 Å². The molecule has 1 aromatic carbocycles. The highest BCUT2D eigenvalue weighted by atomic mass is 16.5. The van der Waals surface area contributed by atoms with Crippen LogP contribution >= 0.6 is 0 Å². The summed E-state index contributed by atoms with van der Waals surface area (Å²) in [5.74, 6) is 0.601. The number of ether oxygens (including phenoxy) is 2. The van der Waals surface area contributed by atoms with Gasteiger partial charge in [0.2, 0.25) is 0 Å². The average Bonchev–Trinajstić information content (AvgIpc) is 3.06. The molecule has 3 rings (SSSR count). The Kier molecular flexibility index (Phi) is 3.42. The first-order chi connectivity index (χ1) is 9.28. The van der Waals surface area contributed by atoms with Crippen LogP contribution in [-0.4, -0.2) is 24.7 Å². The van der Waals surface area contributed by atoms with E-state index in [1.54, 1.807) is 6.07 Å². The van der Waals surface area contributed by atoms with Crippen molar-refractivity contribution in [2.24, 2.45) is 0 Å². The van der Waals surface area contributed by atoms with Crippen LogP contribution in [-0.2, 0) is 11.3 Å². The molecule has 0 radical (unpaired) electrons. The topological polar surface area (TPSA) is 47.6 Å². The number of fused-ring (bicyclic) bond motifs is 1. The smallest absolute Gasteiger partial charge is 0.338 e. The molecule has 2 atom stereocenters. The maximum Gasteiger partial charge on any atom is 0.338 e. The van der Waals surface area contributed by atoms with Gasteiger partial charge in [-0.2, -0.15) is 0 Å². The molecule has 1 saturated heterocycles. The van der Waals surface area contributed by atoms with Gasteiger partial charge in [-0.3, -0.25) is 0 Å². The lowest BCUT2D eigenvalue weighted by Gasteiger charge is -2.24. The van der Waals surface area contributed by atoms with Crippen molar-refractivity contribution in [2.45, 2.75) is 44.9 Å². The molecule has 0 aromatic heterocycles. The summed E-state index contributed by atoms with van der Waals surface area (Å²) < 4.78 is 11.1. The van der Waals surface area contributed by atoms with Crippen molar-refractivity contribution in [1.82, 2.24) is 5.32 Å². The minimum absolute atomic E-state index is 0.193. The van der Waals surface area contributed by atoms with Crippen LogP contribution in [0.1, 0.15) is 42.1 Å².